The van der Waals surface area contributed by atoms with E-state index in [1.54, 1.807) is 6.08 Å². The first-order chi connectivity index (χ1) is 4.84. The van der Waals surface area contributed by atoms with Gasteiger partial charge in [-0.05, 0) is 6.42 Å². The molecule has 0 spiro atoms. The summed E-state index contributed by atoms with van der Waals surface area (Å²) in [6.07, 6.45) is 5.14. The lowest BCUT2D eigenvalue weighted by molar-refractivity contribution is -0.135. The van der Waals surface area contributed by atoms with Crippen LogP contribution in [-0.4, -0.2) is 12.6 Å². The van der Waals surface area contributed by atoms with Crippen molar-refractivity contribution in [3.63, 3.8) is 0 Å². The van der Waals surface area contributed by atoms with E-state index >= 15 is 0 Å². The molecule has 0 aromatic heterocycles. The standard InChI is InChI=1S/C8H10O2/c1-2-3-4-7-5-6-10-8(7)9/h2,4H,1,3,5-6H2/b7-4+. The van der Waals surface area contributed by atoms with E-state index in [2.05, 4.69) is 6.58 Å². The lowest BCUT2D eigenvalue weighted by atomic mass is 10.2. The summed E-state index contributed by atoms with van der Waals surface area (Å²) >= 11 is 0. The zero-order valence-electron chi connectivity index (χ0n) is 5.80. The molecular formula is C8H10O2. The molecule has 0 unspecified atom stereocenters. The Morgan fingerprint density at radius 3 is 3.00 bits per heavy atom. The molecule has 54 valence electrons. The van der Waals surface area contributed by atoms with Gasteiger partial charge in [-0.1, -0.05) is 12.2 Å². The van der Waals surface area contributed by atoms with Gasteiger partial charge < -0.3 is 4.74 Å². The van der Waals surface area contributed by atoms with Crippen LogP contribution < -0.4 is 0 Å². The highest BCUT2D eigenvalue weighted by atomic mass is 16.5. The molecule has 10 heavy (non-hydrogen) atoms. The van der Waals surface area contributed by atoms with E-state index in [9.17, 15) is 4.79 Å². The predicted molar refractivity (Wildman–Crippen MR) is 38.5 cm³/mol. The average molecular weight is 138 g/mol. The normalized spacial score (nSPS) is 21.2. The fourth-order valence-electron chi connectivity index (χ4n) is 0.859. The first-order valence-electron chi connectivity index (χ1n) is 3.31. The van der Waals surface area contributed by atoms with Gasteiger partial charge in [-0.2, -0.15) is 0 Å². The number of carbonyl (C=O) groups excluding carboxylic acids is 1. The molecule has 1 fully saturated rings. The SMILES string of the molecule is C=CC/C=C1\CCOC1=O. The van der Waals surface area contributed by atoms with E-state index in [1.807, 2.05) is 6.08 Å². The summed E-state index contributed by atoms with van der Waals surface area (Å²) in [6.45, 7) is 4.09. The molecule has 0 aromatic rings. The second-order valence-corrected chi connectivity index (χ2v) is 2.14. The maximum atomic E-state index is 10.8. The number of hydrogen-bond acceptors (Lipinski definition) is 2. The first kappa shape index (κ1) is 7.06. The van der Waals surface area contributed by atoms with Gasteiger partial charge in [-0.3, -0.25) is 0 Å². The van der Waals surface area contributed by atoms with Crippen molar-refractivity contribution >= 4 is 5.97 Å². The van der Waals surface area contributed by atoms with Crippen LogP contribution in [-0.2, 0) is 9.53 Å². The van der Waals surface area contributed by atoms with Crippen molar-refractivity contribution in [3.05, 3.63) is 24.3 Å². The molecule has 0 atom stereocenters. The summed E-state index contributed by atoms with van der Waals surface area (Å²) in [4.78, 5) is 10.8. The largest absolute Gasteiger partial charge is 0.462 e. The molecule has 0 N–H and O–H groups in total. The second kappa shape index (κ2) is 3.20. The van der Waals surface area contributed by atoms with Crippen LogP contribution in [0.1, 0.15) is 12.8 Å². The van der Waals surface area contributed by atoms with E-state index in [-0.39, 0.29) is 5.97 Å². The molecule has 2 heteroatoms. The highest BCUT2D eigenvalue weighted by Crippen LogP contribution is 2.13. The van der Waals surface area contributed by atoms with E-state index in [1.165, 1.54) is 0 Å². The molecule has 1 saturated heterocycles. The molecule has 1 aliphatic heterocycles. The third kappa shape index (κ3) is 1.47. The van der Waals surface area contributed by atoms with Crippen LogP contribution in [0.4, 0.5) is 0 Å². The third-order valence-corrected chi connectivity index (χ3v) is 1.40. The number of ether oxygens (including phenoxy) is 1. The minimum atomic E-state index is -0.165. The predicted octanol–water partition coefficient (Wildman–Crippen LogP) is 1.44. The lowest BCUT2D eigenvalue weighted by Gasteiger charge is -1.87. The van der Waals surface area contributed by atoms with Crippen molar-refractivity contribution in [3.8, 4) is 0 Å². The third-order valence-electron chi connectivity index (χ3n) is 1.40. The van der Waals surface area contributed by atoms with Crippen LogP contribution in [0.15, 0.2) is 24.3 Å². The summed E-state index contributed by atoms with van der Waals surface area (Å²) in [5.74, 6) is -0.165. The second-order valence-electron chi connectivity index (χ2n) is 2.14. The Bertz CT molecular complexity index is 180. The summed E-state index contributed by atoms with van der Waals surface area (Å²) in [5, 5.41) is 0. The average Bonchev–Trinajstić information content (AvgIpc) is 2.31. The first-order valence-corrected chi connectivity index (χ1v) is 3.31. The number of allylic oxidation sites excluding steroid dienone is 2. The number of carbonyl (C=O) groups is 1. The molecular weight excluding hydrogens is 128 g/mol. The maximum absolute atomic E-state index is 10.8. The minimum Gasteiger partial charge on any atom is -0.462 e. The molecule has 0 aromatic carbocycles. The van der Waals surface area contributed by atoms with Gasteiger partial charge in [0.2, 0.25) is 0 Å². The van der Waals surface area contributed by atoms with E-state index in [0.717, 1.165) is 18.4 Å². The van der Waals surface area contributed by atoms with Crippen molar-refractivity contribution in [2.45, 2.75) is 12.8 Å². The summed E-state index contributed by atoms with van der Waals surface area (Å²) in [7, 11) is 0. The topological polar surface area (TPSA) is 26.3 Å². The van der Waals surface area contributed by atoms with Crippen molar-refractivity contribution in [2.75, 3.05) is 6.61 Å². The zero-order valence-corrected chi connectivity index (χ0v) is 5.80. The van der Waals surface area contributed by atoms with Gasteiger partial charge in [0.1, 0.15) is 0 Å². The number of cyclic esters (lactones) is 1. The van der Waals surface area contributed by atoms with E-state index in [4.69, 9.17) is 4.74 Å². The lowest BCUT2D eigenvalue weighted by Crippen LogP contribution is -1.93. The summed E-state index contributed by atoms with van der Waals surface area (Å²) < 4.78 is 4.72. The monoisotopic (exact) mass is 138 g/mol. The molecule has 1 rings (SSSR count). The number of esters is 1. The summed E-state index contributed by atoms with van der Waals surface area (Å²) in [6, 6.07) is 0. The number of hydrogen-bond donors (Lipinski definition) is 0. The van der Waals surface area contributed by atoms with Crippen molar-refractivity contribution < 1.29 is 9.53 Å². The van der Waals surface area contributed by atoms with Crippen LogP contribution in [0.25, 0.3) is 0 Å². The molecule has 0 radical (unpaired) electrons. The van der Waals surface area contributed by atoms with Crippen molar-refractivity contribution in [1.82, 2.24) is 0 Å². The highest BCUT2D eigenvalue weighted by molar-refractivity contribution is 5.90. The molecule has 0 aliphatic carbocycles. The van der Waals surface area contributed by atoms with Gasteiger partial charge in [-0.15, -0.1) is 6.58 Å². The van der Waals surface area contributed by atoms with Crippen LogP contribution >= 0.6 is 0 Å². The molecule has 0 saturated carbocycles. The van der Waals surface area contributed by atoms with Gasteiger partial charge in [0, 0.05) is 12.0 Å². The number of rotatable bonds is 2. The minimum absolute atomic E-state index is 0.165. The van der Waals surface area contributed by atoms with Gasteiger partial charge >= 0.3 is 5.97 Å². The van der Waals surface area contributed by atoms with Gasteiger partial charge in [0.05, 0.1) is 6.61 Å². The van der Waals surface area contributed by atoms with Crippen molar-refractivity contribution in [2.24, 2.45) is 0 Å². The Hall–Kier alpha value is -1.05. The van der Waals surface area contributed by atoms with Crippen LogP contribution in [0.5, 0.6) is 0 Å². The van der Waals surface area contributed by atoms with Gasteiger partial charge in [-0.25, -0.2) is 4.79 Å². The molecule has 1 aliphatic rings. The quantitative estimate of drug-likeness (QED) is 0.328. The summed E-state index contributed by atoms with van der Waals surface area (Å²) in [5.41, 5.74) is 0.792. The maximum Gasteiger partial charge on any atom is 0.333 e. The van der Waals surface area contributed by atoms with Crippen LogP contribution in [0.2, 0.25) is 0 Å². The Morgan fingerprint density at radius 1 is 1.70 bits per heavy atom. The zero-order chi connectivity index (χ0) is 7.40. The molecule has 0 bridgehead atoms. The Balaban J connectivity index is 2.53. The van der Waals surface area contributed by atoms with Crippen LogP contribution in [0.3, 0.4) is 0 Å². The van der Waals surface area contributed by atoms with E-state index in [0.29, 0.717) is 6.61 Å². The fraction of sp³-hybridized carbons (Fsp3) is 0.375. The van der Waals surface area contributed by atoms with Crippen molar-refractivity contribution in [1.29, 1.82) is 0 Å². The Morgan fingerprint density at radius 2 is 2.50 bits per heavy atom. The van der Waals surface area contributed by atoms with Crippen LogP contribution in [0, 0.1) is 0 Å². The molecule has 2 nitrogen and oxygen atoms in total. The van der Waals surface area contributed by atoms with Gasteiger partial charge in [0.25, 0.3) is 0 Å². The Kier molecular flexibility index (Phi) is 2.26. The Labute approximate surface area is 60.2 Å². The van der Waals surface area contributed by atoms with E-state index < -0.39 is 0 Å². The van der Waals surface area contributed by atoms with Gasteiger partial charge in [0.15, 0.2) is 0 Å². The smallest absolute Gasteiger partial charge is 0.333 e. The highest BCUT2D eigenvalue weighted by Gasteiger charge is 2.16. The molecule has 1 heterocycles. The fourth-order valence-corrected chi connectivity index (χ4v) is 0.859. The molecule has 0 amide bonds.